The highest BCUT2D eigenvalue weighted by molar-refractivity contribution is 7.89. The number of hydrogen-bond acceptors (Lipinski definition) is 4. The third-order valence-electron chi connectivity index (χ3n) is 3.66. The van der Waals surface area contributed by atoms with Crippen LogP contribution in [0.1, 0.15) is 24.0 Å². The summed E-state index contributed by atoms with van der Waals surface area (Å²) in [5, 5.41) is 9.65. The average molecular weight is 284 g/mol. The first-order valence-corrected chi connectivity index (χ1v) is 7.82. The zero-order chi connectivity index (χ0) is 14.2. The number of piperidine rings is 1. The van der Waals surface area contributed by atoms with E-state index < -0.39 is 16.1 Å². The van der Waals surface area contributed by atoms with Crippen molar-refractivity contribution < 1.29 is 13.5 Å². The summed E-state index contributed by atoms with van der Waals surface area (Å²) in [7, 11) is -3.63. The predicted molar refractivity (Wildman–Crippen MR) is 74.3 cm³/mol. The van der Waals surface area contributed by atoms with Gasteiger partial charge < -0.3 is 10.8 Å². The van der Waals surface area contributed by atoms with Gasteiger partial charge >= 0.3 is 0 Å². The Morgan fingerprint density at radius 1 is 1.37 bits per heavy atom. The molecule has 1 aromatic rings. The van der Waals surface area contributed by atoms with E-state index >= 15 is 0 Å². The van der Waals surface area contributed by atoms with Gasteiger partial charge in [-0.1, -0.05) is 6.07 Å². The largest absolute Gasteiger partial charge is 0.398 e. The van der Waals surface area contributed by atoms with E-state index in [-0.39, 0.29) is 17.1 Å². The summed E-state index contributed by atoms with van der Waals surface area (Å²) >= 11 is 0. The van der Waals surface area contributed by atoms with E-state index in [0.717, 1.165) is 5.56 Å². The molecule has 0 bridgehead atoms. The Labute approximate surface area is 114 Å². The number of rotatable bonds is 2. The number of benzene rings is 1. The number of nitrogens with zero attached hydrogens (tertiary/aromatic N) is 1. The van der Waals surface area contributed by atoms with Gasteiger partial charge in [-0.3, -0.25) is 0 Å². The van der Waals surface area contributed by atoms with Gasteiger partial charge in [-0.25, -0.2) is 8.42 Å². The Hall–Kier alpha value is -1.11. The number of anilines is 1. The van der Waals surface area contributed by atoms with Crippen LogP contribution in [0.3, 0.4) is 0 Å². The number of nitrogen functional groups attached to an aromatic ring is 1. The van der Waals surface area contributed by atoms with Crippen LogP contribution in [-0.2, 0) is 10.0 Å². The first-order chi connectivity index (χ1) is 8.84. The lowest BCUT2D eigenvalue weighted by molar-refractivity contribution is 0.108. The van der Waals surface area contributed by atoms with E-state index in [4.69, 9.17) is 5.73 Å². The van der Waals surface area contributed by atoms with Crippen molar-refractivity contribution in [3.8, 4) is 0 Å². The molecule has 19 heavy (non-hydrogen) atoms. The number of nitrogens with two attached hydrogens (primary N) is 1. The van der Waals surface area contributed by atoms with E-state index in [2.05, 4.69) is 0 Å². The number of sulfonamides is 1. The van der Waals surface area contributed by atoms with Crippen LogP contribution in [0.25, 0.3) is 0 Å². The number of aliphatic hydroxyl groups is 1. The van der Waals surface area contributed by atoms with Crippen molar-refractivity contribution >= 4 is 15.7 Å². The molecule has 3 N–H and O–H groups in total. The van der Waals surface area contributed by atoms with Gasteiger partial charge in [0.2, 0.25) is 10.0 Å². The van der Waals surface area contributed by atoms with Gasteiger partial charge in [-0.15, -0.1) is 0 Å². The summed E-state index contributed by atoms with van der Waals surface area (Å²) in [6.45, 7) is 4.21. The SMILES string of the molecule is Cc1ccc(N)c(S(=O)(=O)N2CCCC(O)C2)c1C. The van der Waals surface area contributed by atoms with Gasteiger partial charge in [0.25, 0.3) is 0 Å². The molecule has 6 heteroatoms. The maximum atomic E-state index is 12.7. The Morgan fingerprint density at radius 3 is 2.68 bits per heavy atom. The van der Waals surface area contributed by atoms with Crippen molar-refractivity contribution in [2.24, 2.45) is 0 Å². The van der Waals surface area contributed by atoms with Crippen LogP contribution in [-0.4, -0.2) is 37.0 Å². The molecule has 106 valence electrons. The number of hydrogen-bond donors (Lipinski definition) is 2. The molecule has 1 aliphatic rings. The maximum absolute atomic E-state index is 12.7. The summed E-state index contributed by atoms with van der Waals surface area (Å²) in [5.41, 5.74) is 7.69. The van der Waals surface area contributed by atoms with Gasteiger partial charge in [-0.2, -0.15) is 4.31 Å². The molecular weight excluding hydrogens is 264 g/mol. The molecule has 1 heterocycles. The highest BCUT2D eigenvalue weighted by Crippen LogP contribution is 2.29. The van der Waals surface area contributed by atoms with Crippen LogP contribution in [0, 0.1) is 13.8 Å². The monoisotopic (exact) mass is 284 g/mol. The van der Waals surface area contributed by atoms with Crippen molar-refractivity contribution in [1.82, 2.24) is 4.31 Å². The van der Waals surface area contributed by atoms with E-state index in [1.807, 2.05) is 13.0 Å². The van der Waals surface area contributed by atoms with Crippen molar-refractivity contribution in [1.29, 1.82) is 0 Å². The highest BCUT2D eigenvalue weighted by atomic mass is 32.2. The minimum Gasteiger partial charge on any atom is -0.398 e. The fourth-order valence-electron chi connectivity index (χ4n) is 2.42. The second-order valence-electron chi connectivity index (χ2n) is 5.08. The van der Waals surface area contributed by atoms with Gasteiger partial charge in [0.1, 0.15) is 4.90 Å². The zero-order valence-electron chi connectivity index (χ0n) is 11.3. The lowest BCUT2D eigenvalue weighted by Crippen LogP contribution is -2.42. The molecule has 1 unspecified atom stereocenters. The number of aryl methyl sites for hydroxylation is 1. The van der Waals surface area contributed by atoms with Crippen LogP contribution in [0.2, 0.25) is 0 Å². The highest BCUT2D eigenvalue weighted by Gasteiger charge is 2.32. The topological polar surface area (TPSA) is 83.6 Å². The summed E-state index contributed by atoms with van der Waals surface area (Å²) < 4.78 is 26.7. The molecule has 0 saturated carbocycles. The van der Waals surface area contributed by atoms with Gasteiger partial charge in [0.05, 0.1) is 11.8 Å². The van der Waals surface area contributed by atoms with Crippen LogP contribution in [0.5, 0.6) is 0 Å². The van der Waals surface area contributed by atoms with Crippen LogP contribution >= 0.6 is 0 Å². The molecule has 0 aliphatic carbocycles. The first-order valence-electron chi connectivity index (χ1n) is 6.38. The Kier molecular flexibility index (Phi) is 3.85. The normalized spacial score (nSPS) is 21.5. The lowest BCUT2D eigenvalue weighted by atomic mass is 10.1. The molecule has 2 rings (SSSR count). The zero-order valence-corrected chi connectivity index (χ0v) is 12.1. The van der Waals surface area contributed by atoms with Crippen molar-refractivity contribution in [3.05, 3.63) is 23.3 Å². The Balaban J connectivity index is 2.48. The van der Waals surface area contributed by atoms with Gasteiger partial charge in [0, 0.05) is 13.1 Å². The third kappa shape index (κ3) is 2.61. The minimum atomic E-state index is -3.63. The summed E-state index contributed by atoms with van der Waals surface area (Å²) in [4.78, 5) is 0.182. The molecular formula is C13H20N2O3S. The molecule has 1 atom stereocenters. The maximum Gasteiger partial charge on any atom is 0.245 e. The lowest BCUT2D eigenvalue weighted by Gasteiger charge is -2.30. The van der Waals surface area contributed by atoms with Gasteiger partial charge in [0.15, 0.2) is 0 Å². The molecule has 1 aromatic carbocycles. The molecule has 0 spiro atoms. The third-order valence-corrected chi connectivity index (χ3v) is 5.73. The standard InChI is InChI=1S/C13H20N2O3S/c1-9-5-6-12(14)13(10(9)2)19(17,18)15-7-3-4-11(16)8-15/h5-6,11,16H,3-4,7-8,14H2,1-2H3. The van der Waals surface area contributed by atoms with Crippen LogP contribution in [0.15, 0.2) is 17.0 Å². The molecule has 1 aliphatic heterocycles. The van der Waals surface area contributed by atoms with E-state index in [9.17, 15) is 13.5 Å². The van der Waals surface area contributed by atoms with Crippen LogP contribution < -0.4 is 5.73 Å². The van der Waals surface area contributed by atoms with Gasteiger partial charge in [-0.05, 0) is 43.9 Å². The van der Waals surface area contributed by atoms with Crippen molar-refractivity contribution in [3.63, 3.8) is 0 Å². The number of aliphatic hydroxyl groups excluding tert-OH is 1. The second-order valence-corrected chi connectivity index (χ2v) is 6.96. The van der Waals surface area contributed by atoms with E-state index in [1.54, 1.807) is 13.0 Å². The molecule has 0 amide bonds. The molecule has 5 nitrogen and oxygen atoms in total. The average Bonchev–Trinajstić information content (AvgIpc) is 2.34. The van der Waals surface area contributed by atoms with Crippen molar-refractivity contribution in [2.45, 2.75) is 37.7 Å². The predicted octanol–water partition coefficient (Wildman–Crippen LogP) is 1.03. The first kappa shape index (κ1) is 14.3. The van der Waals surface area contributed by atoms with E-state index in [0.29, 0.717) is 24.9 Å². The van der Waals surface area contributed by atoms with Crippen LogP contribution in [0.4, 0.5) is 5.69 Å². The fourth-order valence-corrected chi connectivity index (χ4v) is 4.33. The quantitative estimate of drug-likeness (QED) is 0.795. The fraction of sp³-hybridized carbons (Fsp3) is 0.538. The summed E-state index contributed by atoms with van der Waals surface area (Å²) in [6, 6.07) is 3.43. The molecule has 0 aromatic heterocycles. The molecule has 1 fully saturated rings. The smallest absolute Gasteiger partial charge is 0.245 e. The second kappa shape index (κ2) is 5.11. The molecule has 0 radical (unpaired) electrons. The Morgan fingerprint density at radius 2 is 2.05 bits per heavy atom. The summed E-state index contributed by atoms with van der Waals surface area (Å²) in [5.74, 6) is 0. The number of β-amino-alcohol motifs (C(OH)–C–C–N with tert-alkyl or cyclic N) is 1. The molecule has 1 saturated heterocycles. The van der Waals surface area contributed by atoms with Crippen molar-refractivity contribution in [2.75, 3.05) is 18.8 Å². The van der Waals surface area contributed by atoms with E-state index in [1.165, 1.54) is 4.31 Å². The summed E-state index contributed by atoms with van der Waals surface area (Å²) in [6.07, 6.45) is 0.731. The minimum absolute atomic E-state index is 0.148. The Bertz CT molecular complexity index is 584.